The summed E-state index contributed by atoms with van der Waals surface area (Å²) >= 11 is 0. The van der Waals surface area contributed by atoms with Crippen LogP contribution in [0.1, 0.15) is 11.6 Å². The second-order valence-corrected chi connectivity index (χ2v) is 5.43. The zero-order valence-corrected chi connectivity index (χ0v) is 12.8. The lowest BCUT2D eigenvalue weighted by molar-refractivity contribution is -0.161. The third-order valence-corrected chi connectivity index (χ3v) is 4.12. The van der Waals surface area contributed by atoms with E-state index in [0.717, 1.165) is 17.9 Å². The fourth-order valence-corrected chi connectivity index (χ4v) is 3.00. The van der Waals surface area contributed by atoms with Gasteiger partial charge in [0.15, 0.2) is 6.10 Å². The number of para-hydroxylation sites is 1. The molecular formula is C16H22N2O4. The summed E-state index contributed by atoms with van der Waals surface area (Å²) < 4.78 is 16.4. The van der Waals surface area contributed by atoms with Crippen molar-refractivity contribution >= 4 is 5.91 Å². The minimum Gasteiger partial charge on any atom is -0.496 e. The Kier molecular flexibility index (Phi) is 4.92. The van der Waals surface area contributed by atoms with Gasteiger partial charge in [-0.25, -0.2) is 0 Å². The van der Waals surface area contributed by atoms with Gasteiger partial charge in [-0.3, -0.25) is 4.79 Å². The first kappa shape index (κ1) is 15.3. The molecule has 1 aromatic carbocycles. The molecule has 0 aliphatic carbocycles. The molecule has 2 atom stereocenters. The molecule has 6 nitrogen and oxygen atoms in total. The molecular weight excluding hydrogens is 284 g/mol. The zero-order chi connectivity index (χ0) is 15.4. The van der Waals surface area contributed by atoms with E-state index >= 15 is 0 Å². The summed E-state index contributed by atoms with van der Waals surface area (Å²) in [7, 11) is 1.65. The van der Waals surface area contributed by atoms with Gasteiger partial charge >= 0.3 is 0 Å². The third-order valence-electron chi connectivity index (χ3n) is 4.12. The number of benzene rings is 1. The molecule has 0 saturated carbocycles. The van der Waals surface area contributed by atoms with Crippen LogP contribution in [0.3, 0.4) is 0 Å². The molecule has 0 radical (unpaired) electrons. The number of nitrogens with one attached hydrogen (secondary N) is 1. The lowest BCUT2D eigenvalue weighted by Gasteiger charge is -2.39. The Balaban J connectivity index is 1.83. The number of nitrogens with zero attached hydrogens (tertiary/aromatic N) is 1. The number of carbonyl (C=O) groups excluding carboxylic acids is 1. The van der Waals surface area contributed by atoms with Gasteiger partial charge in [0, 0.05) is 25.2 Å². The predicted molar refractivity (Wildman–Crippen MR) is 80.9 cm³/mol. The summed E-state index contributed by atoms with van der Waals surface area (Å²) in [5, 5.41) is 3.35. The highest BCUT2D eigenvalue weighted by Gasteiger charge is 2.35. The van der Waals surface area contributed by atoms with Crippen LogP contribution >= 0.6 is 0 Å². The third kappa shape index (κ3) is 3.09. The molecule has 1 amide bonds. The Morgan fingerprint density at radius 2 is 2.23 bits per heavy atom. The van der Waals surface area contributed by atoms with Crippen LogP contribution in [0, 0.1) is 0 Å². The van der Waals surface area contributed by atoms with Gasteiger partial charge in [-0.1, -0.05) is 18.2 Å². The van der Waals surface area contributed by atoms with E-state index in [0.29, 0.717) is 32.9 Å². The Morgan fingerprint density at radius 3 is 3.00 bits per heavy atom. The molecule has 2 aliphatic heterocycles. The summed E-state index contributed by atoms with van der Waals surface area (Å²) in [4.78, 5) is 14.7. The van der Waals surface area contributed by atoms with Crippen LogP contribution in [0.4, 0.5) is 0 Å². The molecule has 1 N–H and O–H groups in total. The molecule has 1 aromatic rings. The maximum absolute atomic E-state index is 12.8. The summed E-state index contributed by atoms with van der Waals surface area (Å²) in [5.41, 5.74) is 1.02. The largest absolute Gasteiger partial charge is 0.496 e. The number of piperazine rings is 1. The zero-order valence-electron chi connectivity index (χ0n) is 12.8. The topological polar surface area (TPSA) is 60.0 Å². The van der Waals surface area contributed by atoms with E-state index in [1.807, 2.05) is 29.2 Å². The number of carbonyl (C=O) groups is 1. The van der Waals surface area contributed by atoms with Crippen molar-refractivity contribution in [2.45, 2.75) is 12.1 Å². The number of methoxy groups -OCH3 is 1. The molecule has 22 heavy (non-hydrogen) atoms. The van der Waals surface area contributed by atoms with Crippen molar-refractivity contribution in [1.82, 2.24) is 10.2 Å². The first-order chi connectivity index (χ1) is 10.8. The van der Waals surface area contributed by atoms with E-state index in [1.165, 1.54) is 0 Å². The minimum absolute atomic E-state index is 0.00268. The monoisotopic (exact) mass is 306 g/mol. The number of hydrogen-bond acceptors (Lipinski definition) is 5. The number of rotatable bonds is 3. The Labute approximate surface area is 130 Å². The van der Waals surface area contributed by atoms with Crippen LogP contribution in [-0.2, 0) is 14.3 Å². The maximum atomic E-state index is 12.8. The number of hydrogen-bond donors (Lipinski definition) is 1. The van der Waals surface area contributed by atoms with E-state index in [2.05, 4.69) is 5.32 Å². The highest BCUT2D eigenvalue weighted by atomic mass is 16.6. The Morgan fingerprint density at radius 1 is 1.36 bits per heavy atom. The molecule has 3 rings (SSSR count). The van der Waals surface area contributed by atoms with Gasteiger partial charge in [0.05, 0.1) is 33.0 Å². The van der Waals surface area contributed by atoms with Crippen molar-refractivity contribution in [2.24, 2.45) is 0 Å². The van der Waals surface area contributed by atoms with Crippen LogP contribution in [0.25, 0.3) is 0 Å². The van der Waals surface area contributed by atoms with Crippen molar-refractivity contribution in [3.05, 3.63) is 29.8 Å². The van der Waals surface area contributed by atoms with Gasteiger partial charge in [0.1, 0.15) is 5.75 Å². The molecule has 2 aliphatic rings. The molecule has 0 bridgehead atoms. The molecule has 120 valence electrons. The summed E-state index contributed by atoms with van der Waals surface area (Å²) in [6, 6.07) is 7.78. The predicted octanol–water partition coefficient (Wildman–Crippen LogP) is 0.583. The van der Waals surface area contributed by atoms with Crippen LogP contribution in [0.15, 0.2) is 24.3 Å². The van der Waals surface area contributed by atoms with Crippen LogP contribution in [-0.4, -0.2) is 63.5 Å². The molecule has 6 heteroatoms. The molecule has 2 unspecified atom stereocenters. The quantitative estimate of drug-likeness (QED) is 0.885. The normalized spacial score (nSPS) is 25.8. The van der Waals surface area contributed by atoms with Crippen molar-refractivity contribution in [2.75, 3.05) is 46.6 Å². The molecule has 2 heterocycles. The fraction of sp³-hybridized carbons (Fsp3) is 0.562. The maximum Gasteiger partial charge on any atom is 0.254 e. The van der Waals surface area contributed by atoms with Gasteiger partial charge in [-0.2, -0.15) is 0 Å². The molecule has 2 saturated heterocycles. The van der Waals surface area contributed by atoms with Crippen molar-refractivity contribution in [3.63, 3.8) is 0 Å². The summed E-state index contributed by atoms with van der Waals surface area (Å²) in [6.07, 6.45) is -0.496. The van der Waals surface area contributed by atoms with Gasteiger partial charge in [0.25, 0.3) is 5.91 Å². The average Bonchev–Trinajstić information content (AvgIpc) is 2.62. The van der Waals surface area contributed by atoms with Crippen molar-refractivity contribution in [3.8, 4) is 5.75 Å². The van der Waals surface area contributed by atoms with Gasteiger partial charge in [-0.15, -0.1) is 0 Å². The number of ether oxygens (including phenoxy) is 3. The van der Waals surface area contributed by atoms with E-state index in [4.69, 9.17) is 14.2 Å². The molecule has 0 spiro atoms. The lowest BCUT2D eigenvalue weighted by Crippen LogP contribution is -2.53. The SMILES string of the molecule is COc1ccccc1C1CNCCN1C(=O)C1COCCO1. The van der Waals surface area contributed by atoms with Gasteiger partial charge < -0.3 is 24.4 Å². The minimum atomic E-state index is -0.496. The molecule has 2 fully saturated rings. The highest BCUT2D eigenvalue weighted by molar-refractivity contribution is 5.82. The smallest absolute Gasteiger partial charge is 0.254 e. The lowest BCUT2D eigenvalue weighted by atomic mass is 10.0. The standard InChI is InChI=1S/C16H22N2O4/c1-20-14-5-3-2-4-12(14)13-10-17-6-7-18(13)16(19)15-11-21-8-9-22-15/h2-5,13,15,17H,6-11H2,1H3. The second kappa shape index (κ2) is 7.09. The van der Waals surface area contributed by atoms with E-state index in [9.17, 15) is 4.79 Å². The Bertz CT molecular complexity index is 517. The van der Waals surface area contributed by atoms with Crippen molar-refractivity contribution in [1.29, 1.82) is 0 Å². The Hall–Kier alpha value is -1.63. The van der Waals surface area contributed by atoms with Gasteiger partial charge in [0.2, 0.25) is 0 Å². The van der Waals surface area contributed by atoms with Crippen LogP contribution in [0.2, 0.25) is 0 Å². The van der Waals surface area contributed by atoms with Crippen molar-refractivity contribution < 1.29 is 19.0 Å². The highest BCUT2D eigenvalue weighted by Crippen LogP contribution is 2.30. The molecule has 0 aromatic heterocycles. The van der Waals surface area contributed by atoms with Gasteiger partial charge in [-0.05, 0) is 6.07 Å². The number of amides is 1. The van der Waals surface area contributed by atoms with Crippen LogP contribution < -0.4 is 10.1 Å². The van der Waals surface area contributed by atoms with E-state index in [1.54, 1.807) is 7.11 Å². The van der Waals surface area contributed by atoms with Crippen LogP contribution in [0.5, 0.6) is 5.75 Å². The first-order valence-corrected chi connectivity index (χ1v) is 7.64. The first-order valence-electron chi connectivity index (χ1n) is 7.64. The average molecular weight is 306 g/mol. The summed E-state index contributed by atoms with van der Waals surface area (Å²) in [5.74, 6) is 0.798. The fourth-order valence-electron chi connectivity index (χ4n) is 3.00. The second-order valence-electron chi connectivity index (χ2n) is 5.43. The summed E-state index contributed by atoms with van der Waals surface area (Å²) in [6.45, 7) is 3.51. The van der Waals surface area contributed by atoms with E-state index in [-0.39, 0.29) is 11.9 Å². The van der Waals surface area contributed by atoms with E-state index < -0.39 is 6.10 Å².